The van der Waals surface area contributed by atoms with E-state index in [-0.39, 0.29) is 0 Å². The Balaban J connectivity index is 0. The van der Waals surface area contributed by atoms with Crippen LogP contribution in [0, 0.1) is 0 Å². The van der Waals surface area contributed by atoms with Crippen LogP contribution in [-0.2, 0) is 4.79 Å². The van der Waals surface area contributed by atoms with Crippen molar-refractivity contribution in [1.29, 1.82) is 0 Å². The van der Waals surface area contributed by atoms with Gasteiger partial charge in [0.2, 0.25) is 0 Å². The molecule has 0 saturated heterocycles. The molecule has 0 atom stereocenters. The number of unbranched alkanes of at least 4 members (excludes halogenated alkanes) is 2. The number of hydrogen-bond donors (Lipinski definition) is 1. The Morgan fingerprint density at radius 2 is 1.40 bits per heavy atom. The molecule has 0 aromatic rings. The van der Waals surface area contributed by atoms with Crippen LogP contribution in [0.1, 0.15) is 46.0 Å². The number of alkyl halides is 3. The average molecular weight is 300 g/mol. The van der Waals surface area contributed by atoms with E-state index in [4.69, 9.17) is 9.90 Å². The quantitative estimate of drug-likeness (QED) is 0.685. The molecule has 0 heterocycles. The van der Waals surface area contributed by atoms with Gasteiger partial charge < -0.3 is 20.5 Å². The van der Waals surface area contributed by atoms with Crippen molar-refractivity contribution in [3.8, 4) is 0 Å². The van der Waals surface area contributed by atoms with E-state index in [9.17, 15) is 13.2 Å². The second-order valence-electron chi connectivity index (χ2n) is 4.54. The summed E-state index contributed by atoms with van der Waals surface area (Å²) in [5, 5.41) is 8.78. The summed E-state index contributed by atoms with van der Waals surface area (Å²) < 4.78 is 31.5. The summed E-state index contributed by atoms with van der Waals surface area (Å²) in [5.41, 5.74) is 3.89. The van der Waals surface area contributed by atoms with Gasteiger partial charge in [0.05, 0.1) is 6.54 Å². The lowest BCUT2D eigenvalue weighted by atomic mass is 10.2. The maximum atomic E-state index is 10.5. The number of rotatable bonds is 9. The van der Waals surface area contributed by atoms with Crippen molar-refractivity contribution >= 4 is 5.97 Å². The summed E-state index contributed by atoms with van der Waals surface area (Å²) in [6, 6.07) is 0. The summed E-state index contributed by atoms with van der Waals surface area (Å²) in [6.07, 6.45) is 1.38. The topological polar surface area (TPSA) is 71.0 Å². The highest BCUT2D eigenvalue weighted by atomic mass is 19.4. The lowest BCUT2D eigenvalue weighted by Gasteiger charge is -2.20. The average Bonchev–Trinajstić information content (AvgIpc) is 2.37. The predicted molar refractivity (Wildman–Crippen MR) is 69.7 cm³/mol. The zero-order valence-electron chi connectivity index (χ0n) is 12.5. The molecule has 0 aromatic heterocycles. The minimum absolute atomic E-state index is 1.08. The molecule has 0 rings (SSSR count). The van der Waals surface area contributed by atoms with E-state index in [2.05, 4.69) is 24.5 Å². The van der Waals surface area contributed by atoms with Crippen LogP contribution < -0.4 is 10.8 Å². The Labute approximate surface area is 119 Å². The molecule has 0 radical (unpaired) electrons. The van der Waals surface area contributed by atoms with E-state index in [0.717, 1.165) is 6.54 Å². The minimum atomic E-state index is -5.19. The molecule has 0 fully saturated rings. The van der Waals surface area contributed by atoms with Crippen LogP contribution in [0.4, 0.5) is 13.2 Å². The third-order valence-corrected chi connectivity index (χ3v) is 2.61. The first-order valence-electron chi connectivity index (χ1n) is 7.09. The number of aliphatic carboxylic acids is 1. The van der Waals surface area contributed by atoms with Crippen molar-refractivity contribution in [2.75, 3.05) is 26.2 Å². The summed E-state index contributed by atoms with van der Waals surface area (Å²) in [7, 11) is 0. The number of carbonyl (C=O) groups excluding carboxylic acids is 1. The lowest BCUT2D eigenvalue weighted by Crippen LogP contribution is -2.51. The van der Waals surface area contributed by atoms with Crippen molar-refractivity contribution in [3.05, 3.63) is 0 Å². The highest BCUT2D eigenvalue weighted by molar-refractivity contribution is 5.70. The molecule has 0 aliphatic heterocycles. The SMILES string of the molecule is CCCCN(CCCC)CCC[NH3+].O=C([O-])C(F)(F)F. The van der Waals surface area contributed by atoms with Crippen LogP contribution >= 0.6 is 0 Å². The maximum absolute atomic E-state index is 10.5. The smallest absolute Gasteiger partial charge is 0.430 e. The molecule has 0 aromatic carbocycles. The van der Waals surface area contributed by atoms with E-state index in [1.165, 1.54) is 51.7 Å². The standard InChI is InChI=1S/C11H26N2.C2HF3O2/c1-3-5-9-13(10-6-4-2)11-7-8-12;3-2(4,5)1(6)7/h3-12H2,1-2H3;(H,6,7). The Morgan fingerprint density at radius 1 is 1.05 bits per heavy atom. The summed E-state index contributed by atoms with van der Waals surface area (Å²) in [6.45, 7) is 9.43. The zero-order chi connectivity index (χ0) is 16.0. The summed E-state index contributed by atoms with van der Waals surface area (Å²) in [4.78, 5) is 11.4. The van der Waals surface area contributed by atoms with Gasteiger partial charge in [-0.3, -0.25) is 0 Å². The Kier molecular flexibility index (Phi) is 14.2. The molecular formula is C13H27F3N2O2. The Hall–Kier alpha value is -0.820. The number of carbonyl (C=O) groups is 1. The van der Waals surface area contributed by atoms with Gasteiger partial charge in [-0.2, -0.15) is 13.2 Å². The molecule has 7 heteroatoms. The van der Waals surface area contributed by atoms with Crippen LogP contribution in [0.3, 0.4) is 0 Å². The fraction of sp³-hybridized carbons (Fsp3) is 0.923. The van der Waals surface area contributed by atoms with E-state index < -0.39 is 12.1 Å². The second-order valence-corrected chi connectivity index (χ2v) is 4.54. The number of halogens is 3. The van der Waals surface area contributed by atoms with Gasteiger partial charge in [0.25, 0.3) is 0 Å². The van der Waals surface area contributed by atoms with Crippen molar-refractivity contribution in [2.45, 2.75) is 52.1 Å². The van der Waals surface area contributed by atoms with Gasteiger partial charge in [0, 0.05) is 13.0 Å². The molecule has 3 N–H and O–H groups in total. The van der Waals surface area contributed by atoms with Gasteiger partial charge in [-0.25, -0.2) is 0 Å². The van der Waals surface area contributed by atoms with Crippen LogP contribution in [0.15, 0.2) is 0 Å². The first-order valence-corrected chi connectivity index (χ1v) is 7.09. The largest absolute Gasteiger partial charge is 0.542 e. The van der Waals surface area contributed by atoms with Gasteiger partial charge in [-0.05, 0) is 25.9 Å². The van der Waals surface area contributed by atoms with Crippen molar-refractivity contribution in [2.24, 2.45) is 0 Å². The van der Waals surface area contributed by atoms with E-state index >= 15 is 0 Å². The van der Waals surface area contributed by atoms with E-state index in [0.29, 0.717) is 0 Å². The fourth-order valence-corrected chi connectivity index (χ4v) is 1.43. The van der Waals surface area contributed by atoms with Gasteiger partial charge in [-0.15, -0.1) is 0 Å². The van der Waals surface area contributed by atoms with Crippen molar-refractivity contribution < 1.29 is 28.8 Å². The summed E-state index contributed by atoms with van der Waals surface area (Å²) >= 11 is 0. The molecule has 4 nitrogen and oxygen atoms in total. The van der Waals surface area contributed by atoms with Crippen LogP contribution in [0.2, 0.25) is 0 Å². The molecule has 0 aliphatic rings. The molecule has 0 bridgehead atoms. The van der Waals surface area contributed by atoms with Gasteiger partial charge in [0.1, 0.15) is 5.97 Å². The monoisotopic (exact) mass is 300 g/mol. The van der Waals surface area contributed by atoms with Gasteiger partial charge >= 0.3 is 6.18 Å². The molecule has 122 valence electrons. The van der Waals surface area contributed by atoms with Crippen molar-refractivity contribution in [1.82, 2.24) is 4.90 Å². The number of quaternary nitrogens is 1. The molecule has 0 spiro atoms. The molecule has 0 aliphatic carbocycles. The highest BCUT2D eigenvalue weighted by Crippen LogP contribution is 2.11. The Bertz CT molecular complexity index is 217. The van der Waals surface area contributed by atoms with Crippen LogP contribution in [0.5, 0.6) is 0 Å². The van der Waals surface area contributed by atoms with E-state index in [1.807, 2.05) is 0 Å². The molecular weight excluding hydrogens is 273 g/mol. The normalized spacial score (nSPS) is 11.2. The van der Waals surface area contributed by atoms with Crippen LogP contribution in [0.25, 0.3) is 0 Å². The number of carboxylic acid groups (broad SMARTS) is 1. The molecule has 0 amide bonds. The first kappa shape index (κ1) is 21.5. The summed E-state index contributed by atoms with van der Waals surface area (Å²) in [5.74, 6) is -3.01. The highest BCUT2D eigenvalue weighted by Gasteiger charge is 2.28. The number of carboxylic acids is 1. The van der Waals surface area contributed by atoms with E-state index in [1.54, 1.807) is 0 Å². The number of hydrogen-bond acceptors (Lipinski definition) is 3. The van der Waals surface area contributed by atoms with Crippen molar-refractivity contribution in [3.63, 3.8) is 0 Å². The van der Waals surface area contributed by atoms with Gasteiger partial charge in [-0.1, -0.05) is 26.7 Å². The minimum Gasteiger partial charge on any atom is -0.542 e. The maximum Gasteiger partial charge on any atom is 0.430 e. The predicted octanol–water partition coefficient (Wildman–Crippen LogP) is 0.819. The lowest BCUT2D eigenvalue weighted by molar-refractivity contribution is -0.368. The number of nitrogens with zero attached hydrogens (tertiary/aromatic N) is 1. The van der Waals surface area contributed by atoms with Gasteiger partial charge in [0.15, 0.2) is 0 Å². The third kappa shape index (κ3) is 15.2. The Morgan fingerprint density at radius 3 is 1.65 bits per heavy atom. The first-order chi connectivity index (χ1) is 9.29. The third-order valence-electron chi connectivity index (χ3n) is 2.61. The fourth-order valence-electron chi connectivity index (χ4n) is 1.43. The zero-order valence-corrected chi connectivity index (χ0v) is 12.5. The molecule has 0 saturated carbocycles. The molecule has 0 unspecified atom stereocenters. The van der Waals surface area contributed by atoms with Crippen LogP contribution in [-0.4, -0.2) is 43.2 Å². The molecule has 20 heavy (non-hydrogen) atoms. The second kappa shape index (κ2) is 13.2.